The summed E-state index contributed by atoms with van der Waals surface area (Å²) in [4.78, 5) is 4.05. The number of aromatic nitrogens is 4. The van der Waals surface area contributed by atoms with Crippen molar-refractivity contribution >= 4 is 5.65 Å². The molecule has 0 bridgehead atoms. The van der Waals surface area contributed by atoms with Crippen LogP contribution in [0.25, 0.3) is 5.65 Å². The van der Waals surface area contributed by atoms with Gasteiger partial charge in [0, 0.05) is 18.7 Å². The van der Waals surface area contributed by atoms with Crippen molar-refractivity contribution in [3.05, 3.63) is 24.4 Å². The van der Waals surface area contributed by atoms with E-state index in [0.717, 1.165) is 43.7 Å². The van der Waals surface area contributed by atoms with Crippen molar-refractivity contribution in [3.63, 3.8) is 0 Å². The van der Waals surface area contributed by atoms with Crippen molar-refractivity contribution in [1.82, 2.24) is 19.6 Å². The molecule has 2 rings (SSSR count). The second-order valence-corrected chi connectivity index (χ2v) is 3.52. The molecule has 0 atom stereocenters. The highest BCUT2D eigenvalue weighted by Crippen LogP contribution is 2.05. The Balaban J connectivity index is 2.02. The van der Waals surface area contributed by atoms with Crippen molar-refractivity contribution in [2.75, 3.05) is 6.54 Å². The number of aryl methyl sites for hydroxylation is 1. The topological polar surface area (TPSA) is 69.1 Å². The van der Waals surface area contributed by atoms with Crippen molar-refractivity contribution in [3.8, 4) is 0 Å². The Morgan fingerprint density at radius 1 is 1.20 bits per heavy atom. The van der Waals surface area contributed by atoms with Crippen molar-refractivity contribution in [2.45, 2.75) is 25.7 Å². The SMILES string of the molecule is NCCCCCc1nnc2ccncn12. The first-order chi connectivity index (χ1) is 7.42. The van der Waals surface area contributed by atoms with E-state index in [9.17, 15) is 0 Å². The molecule has 0 unspecified atom stereocenters. The van der Waals surface area contributed by atoms with Gasteiger partial charge in [0.1, 0.15) is 12.2 Å². The lowest BCUT2D eigenvalue weighted by atomic mass is 10.2. The summed E-state index contributed by atoms with van der Waals surface area (Å²) in [6.07, 6.45) is 7.75. The maximum Gasteiger partial charge on any atom is 0.163 e. The lowest BCUT2D eigenvalue weighted by Gasteiger charge is -1.98. The Bertz CT molecular complexity index is 422. The van der Waals surface area contributed by atoms with Gasteiger partial charge < -0.3 is 5.73 Å². The van der Waals surface area contributed by atoms with Gasteiger partial charge in [-0.3, -0.25) is 4.40 Å². The average molecular weight is 205 g/mol. The van der Waals surface area contributed by atoms with E-state index >= 15 is 0 Å². The first-order valence-corrected chi connectivity index (χ1v) is 5.25. The fraction of sp³-hybridized carbons (Fsp3) is 0.500. The molecule has 5 nitrogen and oxygen atoms in total. The van der Waals surface area contributed by atoms with Crippen LogP contribution in [0, 0.1) is 0 Å². The summed E-state index contributed by atoms with van der Waals surface area (Å²) < 4.78 is 1.93. The largest absolute Gasteiger partial charge is 0.330 e. The van der Waals surface area contributed by atoms with Gasteiger partial charge in [-0.1, -0.05) is 6.42 Å². The zero-order valence-electron chi connectivity index (χ0n) is 8.63. The summed E-state index contributed by atoms with van der Waals surface area (Å²) >= 11 is 0. The van der Waals surface area contributed by atoms with Crippen LogP contribution in [-0.2, 0) is 6.42 Å². The molecule has 2 N–H and O–H groups in total. The molecule has 0 spiro atoms. The predicted molar refractivity (Wildman–Crippen MR) is 57.4 cm³/mol. The van der Waals surface area contributed by atoms with Crippen molar-refractivity contribution in [1.29, 1.82) is 0 Å². The molecular weight excluding hydrogens is 190 g/mol. The minimum Gasteiger partial charge on any atom is -0.330 e. The van der Waals surface area contributed by atoms with Gasteiger partial charge in [0.15, 0.2) is 5.65 Å². The standard InChI is InChI=1S/C10H15N5/c11-6-3-1-2-4-9-13-14-10-5-7-12-8-15(9)10/h5,7-8H,1-4,6,11H2. The third-order valence-corrected chi connectivity index (χ3v) is 2.39. The molecule has 0 radical (unpaired) electrons. The molecule has 0 saturated heterocycles. The van der Waals surface area contributed by atoms with Gasteiger partial charge in [0.05, 0.1) is 0 Å². The van der Waals surface area contributed by atoms with E-state index in [1.54, 1.807) is 12.5 Å². The van der Waals surface area contributed by atoms with Crippen LogP contribution in [-0.4, -0.2) is 26.1 Å². The minimum atomic E-state index is 0.766. The molecule has 0 saturated carbocycles. The molecule has 15 heavy (non-hydrogen) atoms. The number of hydrogen-bond acceptors (Lipinski definition) is 4. The summed E-state index contributed by atoms with van der Waals surface area (Å²) in [5, 5.41) is 8.20. The van der Waals surface area contributed by atoms with E-state index in [4.69, 9.17) is 5.73 Å². The smallest absolute Gasteiger partial charge is 0.163 e. The van der Waals surface area contributed by atoms with Gasteiger partial charge in [-0.25, -0.2) is 4.98 Å². The molecule has 0 aliphatic heterocycles. The average Bonchev–Trinajstić information content (AvgIpc) is 2.68. The van der Waals surface area contributed by atoms with Crippen LogP contribution in [0.5, 0.6) is 0 Å². The lowest BCUT2D eigenvalue weighted by molar-refractivity contribution is 0.664. The lowest BCUT2D eigenvalue weighted by Crippen LogP contribution is -2.00. The normalized spacial score (nSPS) is 11.0. The van der Waals surface area contributed by atoms with E-state index in [1.807, 2.05) is 10.5 Å². The molecule has 2 aromatic heterocycles. The van der Waals surface area contributed by atoms with Gasteiger partial charge in [-0.2, -0.15) is 0 Å². The second kappa shape index (κ2) is 4.84. The fourth-order valence-corrected chi connectivity index (χ4v) is 1.57. The van der Waals surface area contributed by atoms with E-state index < -0.39 is 0 Å². The summed E-state index contributed by atoms with van der Waals surface area (Å²) in [6.45, 7) is 0.766. The highest BCUT2D eigenvalue weighted by atomic mass is 15.3. The number of nitrogens with two attached hydrogens (primary N) is 1. The van der Waals surface area contributed by atoms with E-state index in [0.29, 0.717) is 0 Å². The fourth-order valence-electron chi connectivity index (χ4n) is 1.57. The summed E-state index contributed by atoms with van der Waals surface area (Å²) in [6, 6.07) is 1.86. The Morgan fingerprint density at radius 2 is 2.13 bits per heavy atom. The second-order valence-electron chi connectivity index (χ2n) is 3.52. The van der Waals surface area contributed by atoms with Crippen LogP contribution >= 0.6 is 0 Å². The highest BCUT2D eigenvalue weighted by Gasteiger charge is 2.03. The van der Waals surface area contributed by atoms with Crippen molar-refractivity contribution < 1.29 is 0 Å². The molecule has 0 aliphatic carbocycles. The maximum atomic E-state index is 5.44. The monoisotopic (exact) mass is 205 g/mol. The molecule has 2 heterocycles. The van der Waals surface area contributed by atoms with Gasteiger partial charge in [0.2, 0.25) is 0 Å². The number of fused-ring (bicyclic) bond motifs is 1. The third kappa shape index (κ3) is 2.30. The molecule has 0 aliphatic rings. The predicted octanol–water partition coefficient (Wildman–Crippen LogP) is 0.796. The van der Waals surface area contributed by atoms with Gasteiger partial charge in [0.25, 0.3) is 0 Å². The molecule has 0 aromatic carbocycles. The number of unbranched alkanes of at least 4 members (excludes halogenated alkanes) is 2. The van der Waals surface area contributed by atoms with Crippen LogP contribution < -0.4 is 5.73 Å². The van der Waals surface area contributed by atoms with Crippen LogP contribution in [0.3, 0.4) is 0 Å². The summed E-state index contributed by atoms with van der Waals surface area (Å²) in [5.74, 6) is 0.982. The number of nitrogens with zero attached hydrogens (tertiary/aromatic N) is 4. The molecule has 0 fully saturated rings. The van der Waals surface area contributed by atoms with Gasteiger partial charge in [-0.05, 0) is 19.4 Å². The Hall–Kier alpha value is -1.49. The number of rotatable bonds is 5. The first-order valence-electron chi connectivity index (χ1n) is 5.25. The minimum absolute atomic E-state index is 0.766. The van der Waals surface area contributed by atoms with E-state index in [1.165, 1.54) is 0 Å². The molecule has 5 heteroatoms. The van der Waals surface area contributed by atoms with Crippen LogP contribution in [0.15, 0.2) is 18.6 Å². The first kappa shape index (κ1) is 10.0. The third-order valence-electron chi connectivity index (χ3n) is 2.39. The molecule has 80 valence electrons. The van der Waals surface area contributed by atoms with Crippen LogP contribution in [0.2, 0.25) is 0 Å². The van der Waals surface area contributed by atoms with Crippen LogP contribution in [0.4, 0.5) is 0 Å². The van der Waals surface area contributed by atoms with Gasteiger partial charge in [-0.15, -0.1) is 10.2 Å². The quantitative estimate of drug-likeness (QED) is 0.733. The molecular formula is C10H15N5. The van der Waals surface area contributed by atoms with E-state index in [2.05, 4.69) is 15.2 Å². The molecule has 2 aromatic rings. The summed E-state index contributed by atoms with van der Waals surface area (Å²) in [7, 11) is 0. The maximum absolute atomic E-state index is 5.44. The Labute approximate surface area is 88.3 Å². The molecule has 0 amide bonds. The number of hydrogen-bond donors (Lipinski definition) is 1. The van der Waals surface area contributed by atoms with Crippen LogP contribution in [0.1, 0.15) is 25.1 Å². The highest BCUT2D eigenvalue weighted by molar-refractivity contribution is 5.35. The van der Waals surface area contributed by atoms with Crippen molar-refractivity contribution in [2.24, 2.45) is 5.73 Å². The zero-order valence-corrected chi connectivity index (χ0v) is 8.63. The summed E-state index contributed by atoms with van der Waals surface area (Å²) in [5.41, 5.74) is 6.30. The van der Waals surface area contributed by atoms with E-state index in [-0.39, 0.29) is 0 Å². The Morgan fingerprint density at radius 3 is 3.00 bits per heavy atom. The van der Waals surface area contributed by atoms with Gasteiger partial charge >= 0.3 is 0 Å². The Kier molecular flexibility index (Phi) is 3.24. The zero-order chi connectivity index (χ0) is 10.5.